The third-order valence-electron chi connectivity index (χ3n) is 13.8. The molecule has 33 heavy (non-hydrogen) atoms. The zero-order valence-electron chi connectivity index (χ0n) is 23.3. The summed E-state index contributed by atoms with van der Waals surface area (Å²) in [6.07, 6.45) is 17.5. The van der Waals surface area contributed by atoms with Crippen LogP contribution in [0.3, 0.4) is 0 Å². The fourth-order valence-electron chi connectivity index (χ4n) is 11.7. The summed E-state index contributed by atoms with van der Waals surface area (Å²) in [5.74, 6) is 4.13. The van der Waals surface area contributed by atoms with Crippen LogP contribution >= 0.6 is 0 Å². The first kappa shape index (κ1) is 24.4. The highest BCUT2D eigenvalue weighted by atomic mass is 16.3. The number of fused-ring (bicyclic) bond motifs is 2. The van der Waals surface area contributed by atoms with E-state index >= 15 is 0 Å². The van der Waals surface area contributed by atoms with Crippen molar-refractivity contribution in [1.82, 2.24) is 0 Å². The molecule has 0 bridgehead atoms. The van der Waals surface area contributed by atoms with Gasteiger partial charge >= 0.3 is 0 Å². The van der Waals surface area contributed by atoms with Gasteiger partial charge in [-0.1, -0.05) is 60.1 Å². The summed E-state index contributed by atoms with van der Waals surface area (Å²) >= 11 is 0. The van der Waals surface area contributed by atoms with Crippen LogP contribution in [-0.4, -0.2) is 11.2 Å². The molecule has 0 aliphatic heterocycles. The smallest absolute Gasteiger partial charge is 0.0594 e. The predicted octanol–water partition coefficient (Wildman–Crippen LogP) is 8.81. The Balaban J connectivity index is 1.38. The van der Waals surface area contributed by atoms with E-state index in [0.29, 0.717) is 27.6 Å². The Hall–Kier alpha value is -0.300. The molecular formula is C32H54O. The molecule has 0 heterocycles. The van der Waals surface area contributed by atoms with Gasteiger partial charge < -0.3 is 5.11 Å². The lowest BCUT2D eigenvalue weighted by molar-refractivity contribution is -0.161. The predicted molar refractivity (Wildman–Crippen MR) is 140 cm³/mol. The van der Waals surface area contributed by atoms with Crippen molar-refractivity contribution in [3.63, 3.8) is 0 Å². The third kappa shape index (κ3) is 2.99. The van der Waals surface area contributed by atoms with Gasteiger partial charge in [0.25, 0.3) is 0 Å². The molecule has 188 valence electrons. The molecule has 5 fully saturated rings. The Bertz CT molecular complexity index is 807. The molecule has 5 saturated carbocycles. The highest BCUT2D eigenvalue weighted by molar-refractivity contribution is 5.30. The summed E-state index contributed by atoms with van der Waals surface area (Å²) in [6, 6.07) is 0. The number of aliphatic hydroxyl groups is 1. The quantitative estimate of drug-likeness (QED) is 0.411. The second kappa shape index (κ2) is 7.60. The second-order valence-corrected chi connectivity index (χ2v) is 15.1. The monoisotopic (exact) mass is 454 g/mol. The molecule has 0 saturated heterocycles. The average Bonchev–Trinajstić information content (AvgIpc) is 3.34. The lowest BCUT2D eigenvalue weighted by atomic mass is 9.41. The van der Waals surface area contributed by atoms with E-state index in [2.05, 4.69) is 61.5 Å². The fourth-order valence-corrected chi connectivity index (χ4v) is 11.7. The molecule has 0 amide bonds. The molecule has 1 N–H and O–H groups in total. The van der Waals surface area contributed by atoms with Crippen molar-refractivity contribution >= 4 is 0 Å². The molecule has 1 nitrogen and oxygen atoms in total. The molecule has 1 heteroatoms. The van der Waals surface area contributed by atoms with Gasteiger partial charge in [0, 0.05) is 0 Å². The first-order valence-electron chi connectivity index (χ1n) is 14.7. The zero-order valence-corrected chi connectivity index (χ0v) is 23.3. The van der Waals surface area contributed by atoms with Crippen molar-refractivity contribution in [2.45, 2.75) is 132 Å². The van der Waals surface area contributed by atoms with Crippen LogP contribution in [-0.2, 0) is 0 Å². The summed E-state index contributed by atoms with van der Waals surface area (Å²) in [5.41, 5.74) is 4.02. The van der Waals surface area contributed by atoms with E-state index in [1.54, 1.807) is 5.57 Å². The van der Waals surface area contributed by atoms with Gasteiger partial charge in [-0.25, -0.2) is 0 Å². The highest BCUT2D eigenvalue weighted by Crippen LogP contribution is 2.89. The lowest BCUT2D eigenvalue weighted by Crippen LogP contribution is -2.57. The maximum Gasteiger partial charge on any atom is 0.0594 e. The van der Waals surface area contributed by atoms with Crippen LogP contribution in [0.4, 0.5) is 0 Å². The van der Waals surface area contributed by atoms with E-state index in [4.69, 9.17) is 0 Å². The van der Waals surface area contributed by atoms with Gasteiger partial charge in [0.05, 0.1) is 6.10 Å². The Morgan fingerprint density at radius 1 is 0.848 bits per heavy atom. The molecule has 9 unspecified atom stereocenters. The minimum absolute atomic E-state index is 0.0867. The minimum atomic E-state index is -0.0867. The van der Waals surface area contributed by atoms with Gasteiger partial charge in [-0.05, 0) is 134 Å². The molecule has 0 aromatic heterocycles. The first-order valence-corrected chi connectivity index (χ1v) is 14.7. The van der Waals surface area contributed by atoms with Crippen LogP contribution in [0.1, 0.15) is 126 Å². The fraction of sp³-hybridized carbons (Fsp3) is 0.938. The van der Waals surface area contributed by atoms with Crippen molar-refractivity contribution in [2.24, 2.45) is 56.7 Å². The van der Waals surface area contributed by atoms with Gasteiger partial charge in [-0.15, -0.1) is 0 Å². The normalized spacial score (nSPS) is 51.4. The summed E-state index contributed by atoms with van der Waals surface area (Å²) in [6.45, 7) is 19.8. The molecule has 5 aliphatic carbocycles. The largest absolute Gasteiger partial charge is 0.393 e. The summed E-state index contributed by atoms with van der Waals surface area (Å²) in [7, 11) is 0. The number of aliphatic hydroxyl groups excluding tert-OH is 1. The minimum Gasteiger partial charge on any atom is -0.393 e. The molecule has 9 atom stereocenters. The Labute approximate surface area is 205 Å². The number of hydrogen-bond donors (Lipinski definition) is 1. The van der Waals surface area contributed by atoms with Gasteiger partial charge in [-0.3, -0.25) is 0 Å². The van der Waals surface area contributed by atoms with E-state index in [9.17, 15) is 5.11 Å². The summed E-state index contributed by atoms with van der Waals surface area (Å²) in [4.78, 5) is 0. The zero-order chi connectivity index (χ0) is 24.0. The third-order valence-corrected chi connectivity index (χ3v) is 13.8. The topological polar surface area (TPSA) is 20.2 Å². The summed E-state index contributed by atoms with van der Waals surface area (Å²) in [5, 5.41) is 10.9. The molecule has 0 radical (unpaired) electrons. The Kier molecular flexibility index (Phi) is 5.62. The van der Waals surface area contributed by atoms with Crippen molar-refractivity contribution in [1.29, 1.82) is 0 Å². The van der Waals surface area contributed by atoms with Gasteiger partial charge in [0.15, 0.2) is 0 Å². The van der Waals surface area contributed by atoms with E-state index in [0.717, 1.165) is 30.1 Å². The van der Waals surface area contributed by atoms with Gasteiger partial charge in [-0.2, -0.15) is 0 Å². The van der Waals surface area contributed by atoms with E-state index in [-0.39, 0.29) is 11.5 Å². The van der Waals surface area contributed by atoms with Crippen LogP contribution in [0.25, 0.3) is 0 Å². The van der Waals surface area contributed by atoms with Crippen molar-refractivity contribution < 1.29 is 5.11 Å². The van der Waals surface area contributed by atoms with Crippen LogP contribution in [0.2, 0.25) is 0 Å². The van der Waals surface area contributed by atoms with Crippen molar-refractivity contribution in [3.05, 3.63) is 11.6 Å². The number of allylic oxidation sites excluding steroid dienone is 2. The molecule has 0 aromatic carbocycles. The van der Waals surface area contributed by atoms with Crippen LogP contribution in [0.5, 0.6) is 0 Å². The Morgan fingerprint density at radius 3 is 2.18 bits per heavy atom. The van der Waals surface area contributed by atoms with Crippen LogP contribution < -0.4 is 0 Å². The van der Waals surface area contributed by atoms with E-state index in [1.165, 1.54) is 64.2 Å². The number of hydrogen-bond acceptors (Lipinski definition) is 1. The molecule has 0 aromatic rings. The maximum atomic E-state index is 10.9. The molecule has 5 rings (SSSR count). The van der Waals surface area contributed by atoms with E-state index in [1.807, 2.05) is 0 Å². The molecule has 5 aliphatic rings. The Morgan fingerprint density at radius 2 is 1.52 bits per heavy atom. The summed E-state index contributed by atoms with van der Waals surface area (Å²) < 4.78 is 0. The van der Waals surface area contributed by atoms with Crippen LogP contribution in [0.15, 0.2) is 11.6 Å². The van der Waals surface area contributed by atoms with Crippen molar-refractivity contribution in [2.75, 3.05) is 0 Å². The second-order valence-electron chi connectivity index (χ2n) is 15.1. The average molecular weight is 455 g/mol. The number of rotatable bonds is 5. The van der Waals surface area contributed by atoms with Crippen LogP contribution in [0, 0.1) is 56.7 Å². The lowest BCUT2D eigenvalue weighted by Gasteiger charge is -2.63. The molecule has 2 spiro atoms. The molecular weight excluding hydrogens is 400 g/mol. The SMILES string of the molecule is CC=C(CCC(C)C1CCC2(C)C3CCC4C(C)(C)C(O)CCC45CC35CCC12C)C(C)C. The van der Waals surface area contributed by atoms with Crippen molar-refractivity contribution in [3.8, 4) is 0 Å². The van der Waals surface area contributed by atoms with Gasteiger partial charge in [0.1, 0.15) is 0 Å². The first-order chi connectivity index (χ1) is 15.4. The maximum absolute atomic E-state index is 10.9. The van der Waals surface area contributed by atoms with Gasteiger partial charge in [0.2, 0.25) is 0 Å². The standard InChI is InChI=1S/C32H54O/c1-9-23(21(2)3)11-10-22(4)24-14-16-30(8)26-13-12-25-28(5,6)27(33)15-17-31(25)20-32(26,31)19-18-29(24,30)7/h9,21-22,24-27,33H,10-20H2,1-8H3. The van der Waals surface area contributed by atoms with E-state index < -0.39 is 0 Å². The highest BCUT2D eigenvalue weighted by Gasteiger charge is 2.82.